The van der Waals surface area contributed by atoms with Crippen LogP contribution in [0.2, 0.25) is 0 Å². The number of benzene rings is 1. The van der Waals surface area contributed by atoms with Crippen molar-refractivity contribution < 1.29 is 0 Å². The molecule has 0 amide bonds. The zero-order valence-electron chi connectivity index (χ0n) is 8.92. The maximum Gasteiger partial charge on any atom is 0.266 e. The monoisotopic (exact) mass is 213 g/mol. The average Bonchev–Trinajstić information content (AvgIpc) is 2.79. The summed E-state index contributed by atoms with van der Waals surface area (Å²) in [6.45, 7) is 2.84. The van der Waals surface area contributed by atoms with Gasteiger partial charge in [-0.15, -0.1) is 0 Å². The van der Waals surface area contributed by atoms with Crippen molar-refractivity contribution in [1.29, 1.82) is 0 Å². The van der Waals surface area contributed by atoms with Gasteiger partial charge in [-0.2, -0.15) is 0 Å². The maximum atomic E-state index is 12.1. The number of hydrogen-bond acceptors (Lipinski definition) is 2. The van der Waals surface area contributed by atoms with Gasteiger partial charge in [0.25, 0.3) is 5.56 Å². The van der Waals surface area contributed by atoms with Gasteiger partial charge in [-0.05, 0) is 19.1 Å². The first-order chi connectivity index (χ1) is 7.83. The molecule has 0 fully saturated rings. The summed E-state index contributed by atoms with van der Waals surface area (Å²) < 4.78 is 3.63. The molecule has 16 heavy (non-hydrogen) atoms. The van der Waals surface area contributed by atoms with Crippen LogP contribution in [0.4, 0.5) is 0 Å². The van der Waals surface area contributed by atoms with Gasteiger partial charge in [-0.3, -0.25) is 9.20 Å². The molecule has 2 heterocycles. The fourth-order valence-electron chi connectivity index (χ4n) is 2.09. The molecule has 80 valence electrons. The van der Waals surface area contributed by atoms with Gasteiger partial charge in [0, 0.05) is 18.9 Å². The van der Waals surface area contributed by atoms with Crippen LogP contribution in [-0.2, 0) is 6.54 Å². The second-order valence-corrected chi connectivity index (χ2v) is 3.66. The summed E-state index contributed by atoms with van der Waals surface area (Å²) in [5, 5.41) is 0.731. The van der Waals surface area contributed by atoms with E-state index in [0.29, 0.717) is 5.78 Å². The zero-order chi connectivity index (χ0) is 11.1. The van der Waals surface area contributed by atoms with Crippen LogP contribution in [0.1, 0.15) is 6.92 Å². The molecule has 0 N–H and O–H groups in total. The summed E-state index contributed by atoms with van der Waals surface area (Å²) >= 11 is 0. The molecule has 0 atom stereocenters. The lowest BCUT2D eigenvalue weighted by Crippen LogP contribution is -2.18. The highest BCUT2D eigenvalue weighted by molar-refractivity contribution is 5.80. The fourth-order valence-corrected chi connectivity index (χ4v) is 2.09. The van der Waals surface area contributed by atoms with Crippen molar-refractivity contribution in [3.63, 3.8) is 0 Å². The van der Waals surface area contributed by atoms with Gasteiger partial charge in [0.05, 0.1) is 10.9 Å². The summed E-state index contributed by atoms with van der Waals surface area (Å²) in [7, 11) is 0. The summed E-state index contributed by atoms with van der Waals surface area (Å²) in [5.74, 6) is 0.700. The molecule has 0 bridgehead atoms. The Morgan fingerprint density at radius 3 is 2.94 bits per heavy atom. The summed E-state index contributed by atoms with van der Waals surface area (Å²) in [6.07, 6.45) is 3.36. The predicted octanol–water partition coefficient (Wildman–Crippen LogP) is 1.67. The second-order valence-electron chi connectivity index (χ2n) is 3.66. The third-order valence-electron chi connectivity index (χ3n) is 2.82. The minimum absolute atomic E-state index is 0.00667. The van der Waals surface area contributed by atoms with Crippen LogP contribution in [-0.4, -0.2) is 14.0 Å². The Balaban J connectivity index is 2.69. The molecule has 0 spiro atoms. The number of para-hydroxylation sites is 1. The summed E-state index contributed by atoms with van der Waals surface area (Å²) in [5.41, 5.74) is 0.932. The Labute approximate surface area is 91.8 Å². The van der Waals surface area contributed by atoms with Crippen LogP contribution in [0, 0.1) is 0 Å². The number of imidazole rings is 1. The first-order valence-corrected chi connectivity index (χ1v) is 5.27. The lowest BCUT2D eigenvalue weighted by molar-refractivity contribution is 0.782. The molecule has 4 nitrogen and oxygen atoms in total. The Morgan fingerprint density at radius 1 is 1.31 bits per heavy atom. The molecule has 3 rings (SSSR count). The second kappa shape index (κ2) is 3.20. The average molecular weight is 213 g/mol. The van der Waals surface area contributed by atoms with Gasteiger partial charge < -0.3 is 4.57 Å². The SMILES string of the molecule is CCn1c2ccccc2c(=O)n2ccnc12. The van der Waals surface area contributed by atoms with E-state index in [2.05, 4.69) is 4.98 Å². The highest BCUT2D eigenvalue weighted by Gasteiger charge is 2.08. The fraction of sp³-hybridized carbons (Fsp3) is 0.167. The Hall–Kier alpha value is -2.10. The molecule has 2 aromatic heterocycles. The molecule has 0 saturated heterocycles. The van der Waals surface area contributed by atoms with Gasteiger partial charge in [0.15, 0.2) is 0 Å². The van der Waals surface area contributed by atoms with Crippen molar-refractivity contribution in [2.75, 3.05) is 0 Å². The standard InChI is InChI=1S/C12H11N3O/c1-2-14-10-6-4-3-5-9(10)11(16)15-8-7-13-12(14)15/h3-8H,2H2,1H3. The van der Waals surface area contributed by atoms with Crippen LogP contribution in [0.25, 0.3) is 16.7 Å². The van der Waals surface area contributed by atoms with Crippen molar-refractivity contribution in [3.05, 3.63) is 47.0 Å². The maximum absolute atomic E-state index is 12.1. The van der Waals surface area contributed by atoms with Crippen molar-refractivity contribution in [1.82, 2.24) is 14.0 Å². The Bertz CT molecular complexity index is 724. The van der Waals surface area contributed by atoms with Crippen LogP contribution in [0.15, 0.2) is 41.5 Å². The first-order valence-electron chi connectivity index (χ1n) is 5.27. The van der Waals surface area contributed by atoms with Crippen LogP contribution in [0.5, 0.6) is 0 Å². The van der Waals surface area contributed by atoms with Crippen LogP contribution in [0.3, 0.4) is 0 Å². The highest BCUT2D eigenvalue weighted by Crippen LogP contribution is 2.12. The molecular formula is C12H11N3O. The van der Waals surface area contributed by atoms with E-state index in [1.54, 1.807) is 16.8 Å². The molecule has 0 saturated carbocycles. The van der Waals surface area contributed by atoms with E-state index in [0.717, 1.165) is 17.4 Å². The van der Waals surface area contributed by atoms with Crippen LogP contribution >= 0.6 is 0 Å². The zero-order valence-corrected chi connectivity index (χ0v) is 8.92. The van der Waals surface area contributed by atoms with Crippen molar-refractivity contribution in [3.8, 4) is 0 Å². The van der Waals surface area contributed by atoms with E-state index < -0.39 is 0 Å². The van der Waals surface area contributed by atoms with Gasteiger partial charge in [0.2, 0.25) is 5.78 Å². The van der Waals surface area contributed by atoms with E-state index in [4.69, 9.17) is 0 Å². The number of rotatable bonds is 1. The van der Waals surface area contributed by atoms with E-state index in [-0.39, 0.29) is 5.56 Å². The number of aryl methyl sites for hydroxylation is 1. The molecule has 1 aromatic carbocycles. The molecule has 0 radical (unpaired) electrons. The van der Waals surface area contributed by atoms with Crippen molar-refractivity contribution in [2.24, 2.45) is 0 Å². The number of fused-ring (bicyclic) bond motifs is 2. The lowest BCUT2D eigenvalue weighted by atomic mass is 10.2. The minimum atomic E-state index is -0.00667. The molecular weight excluding hydrogens is 202 g/mol. The Kier molecular flexibility index (Phi) is 1.83. The first kappa shape index (κ1) is 9.15. The van der Waals surface area contributed by atoms with Gasteiger partial charge in [-0.25, -0.2) is 4.98 Å². The van der Waals surface area contributed by atoms with Crippen molar-refractivity contribution in [2.45, 2.75) is 13.5 Å². The summed E-state index contributed by atoms with van der Waals surface area (Å²) in [4.78, 5) is 16.4. The van der Waals surface area contributed by atoms with Crippen molar-refractivity contribution >= 4 is 16.7 Å². The molecule has 0 aliphatic rings. The molecule has 3 aromatic rings. The quantitative estimate of drug-likeness (QED) is 0.616. The number of nitrogens with zero attached hydrogens (tertiary/aromatic N) is 3. The third-order valence-corrected chi connectivity index (χ3v) is 2.82. The largest absolute Gasteiger partial charge is 0.311 e. The van der Waals surface area contributed by atoms with E-state index in [9.17, 15) is 4.79 Å². The van der Waals surface area contributed by atoms with E-state index in [1.807, 2.05) is 35.8 Å². The molecule has 4 heteroatoms. The minimum Gasteiger partial charge on any atom is -0.311 e. The Morgan fingerprint density at radius 2 is 2.12 bits per heavy atom. The predicted molar refractivity (Wildman–Crippen MR) is 62.6 cm³/mol. The van der Waals surface area contributed by atoms with Gasteiger partial charge in [-0.1, -0.05) is 12.1 Å². The summed E-state index contributed by atoms with van der Waals surface area (Å²) in [6, 6.07) is 7.62. The number of hydrogen-bond donors (Lipinski definition) is 0. The van der Waals surface area contributed by atoms with E-state index in [1.165, 1.54) is 0 Å². The lowest BCUT2D eigenvalue weighted by Gasteiger charge is -2.09. The van der Waals surface area contributed by atoms with Gasteiger partial charge in [0.1, 0.15) is 0 Å². The molecule has 0 aliphatic heterocycles. The smallest absolute Gasteiger partial charge is 0.266 e. The molecule has 0 unspecified atom stereocenters. The highest BCUT2D eigenvalue weighted by atomic mass is 16.1. The number of aromatic nitrogens is 3. The normalized spacial score (nSPS) is 11.3. The topological polar surface area (TPSA) is 39.3 Å². The van der Waals surface area contributed by atoms with E-state index >= 15 is 0 Å². The van der Waals surface area contributed by atoms with Gasteiger partial charge >= 0.3 is 0 Å². The third kappa shape index (κ3) is 1.04. The van der Waals surface area contributed by atoms with Crippen LogP contribution < -0.4 is 5.56 Å². The molecule has 0 aliphatic carbocycles.